The zero-order chi connectivity index (χ0) is 21.0. The molecule has 7 nitrogen and oxygen atoms in total. The van der Waals surface area contributed by atoms with Gasteiger partial charge in [0.05, 0.1) is 6.61 Å². The zero-order valence-corrected chi connectivity index (χ0v) is 16.4. The third-order valence-electron chi connectivity index (χ3n) is 5.77. The Labute approximate surface area is 168 Å². The Bertz CT molecular complexity index is 810. The summed E-state index contributed by atoms with van der Waals surface area (Å²) in [7, 11) is 0. The fraction of sp³-hybridized carbons (Fsp3) is 0.524. The van der Waals surface area contributed by atoms with Crippen LogP contribution in [-0.4, -0.2) is 47.3 Å². The molecule has 29 heavy (non-hydrogen) atoms. The van der Waals surface area contributed by atoms with Crippen LogP contribution in [0.5, 0.6) is 0 Å². The number of ketones is 1. The maximum atomic E-state index is 12.9. The maximum Gasteiger partial charge on any atom is 0.326 e. The van der Waals surface area contributed by atoms with E-state index in [-0.39, 0.29) is 30.6 Å². The Hall–Kier alpha value is -2.77. The SMILES string of the molecule is C[C@@H]1CCCC[C@]12NC(=O)N(CC(=O)OCCCC(=O)c1ccc(F)cc1)C2=O. The molecule has 0 unspecified atom stereocenters. The van der Waals surface area contributed by atoms with E-state index in [9.17, 15) is 23.6 Å². The standard InChI is InChI=1S/C21H25FN2O5/c1-14-5-2-3-11-21(14)19(27)24(20(28)23-21)13-18(26)29-12-4-6-17(25)15-7-9-16(22)10-8-15/h7-10,14H,2-6,11-13H2,1H3,(H,23,28)/t14-,21+/m1/s1. The second-order valence-electron chi connectivity index (χ2n) is 7.69. The monoisotopic (exact) mass is 404 g/mol. The lowest BCUT2D eigenvalue weighted by Gasteiger charge is -2.36. The van der Waals surface area contributed by atoms with E-state index in [1.807, 2.05) is 6.92 Å². The van der Waals surface area contributed by atoms with Gasteiger partial charge in [0, 0.05) is 12.0 Å². The molecule has 2 fully saturated rings. The Kier molecular flexibility index (Phi) is 6.30. The van der Waals surface area contributed by atoms with Crippen LogP contribution >= 0.6 is 0 Å². The van der Waals surface area contributed by atoms with E-state index >= 15 is 0 Å². The minimum Gasteiger partial charge on any atom is -0.464 e. The van der Waals surface area contributed by atoms with Gasteiger partial charge in [-0.15, -0.1) is 0 Å². The Morgan fingerprint density at radius 2 is 1.97 bits per heavy atom. The topological polar surface area (TPSA) is 92.8 Å². The molecule has 1 aromatic rings. The van der Waals surface area contributed by atoms with Crippen molar-refractivity contribution in [3.63, 3.8) is 0 Å². The predicted molar refractivity (Wildman–Crippen MR) is 102 cm³/mol. The van der Waals surface area contributed by atoms with E-state index in [0.29, 0.717) is 18.4 Å². The smallest absolute Gasteiger partial charge is 0.326 e. The third kappa shape index (κ3) is 4.46. The number of benzene rings is 1. The number of hydrogen-bond donors (Lipinski definition) is 1. The molecule has 1 aliphatic heterocycles. The van der Waals surface area contributed by atoms with Crippen LogP contribution in [0, 0.1) is 11.7 Å². The van der Waals surface area contributed by atoms with Crippen LogP contribution in [0.3, 0.4) is 0 Å². The summed E-state index contributed by atoms with van der Waals surface area (Å²) in [4.78, 5) is 50.1. The van der Waals surface area contributed by atoms with E-state index in [0.717, 1.165) is 24.2 Å². The van der Waals surface area contributed by atoms with Crippen LogP contribution < -0.4 is 5.32 Å². The van der Waals surface area contributed by atoms with Gasteiger partial charge in [0.2, 0.25) is 0 Å². The molecule has 1 aliphatic carbocycles. The minimum atomic E-state index is -0.906. The number of ether oxygens (including phenoxy) is 1. The van der Waals surface area contributed by atoms with Gasteiger partial charge >= 0.3 is 12.0 Å². The number of esters is 1. The quantitative estimate of drug-likeness (QED) is 0.326. The van der Waals surface area contributed by atoms with Crippen LogP contribution in [0.25, 0.3) is 0 Å². The van der Waals surface area contributed by atoms with Crippen molar-refractivity contribution in [2.24, 2.45) is 5.92 Å². The molecule has 0 bridgehead atoms. The minimum absolute atomic E-state index is 0.00301. The van der Waals surface area contributed by atoms with Gasteiger partial charge < -0.3 is 10.1 Å². The summed E-state index contributed by atoms with van der Waals surface area (Å²) in [6, 6.07) is 4.68. The van der Waals surface area contributed by atoms with Gasteiger partial charge in [0.15, 0.2) is 5.78 Å². The fourth-order valence-electron chi connectivity index (χ4n) is 4.01. The first-order valence-corrected chi connectivity index (χ1v) is 9.92. The zero-order valence-electron chi connectivity index (χ0n) is 16.4. The van der Waals surface area contributed by atoms with Crippen molar-refractivity contribution in [1.29, 1.82) is 0 Å². The van der Waals surface area contributed by atoms with Crippen LogP contribution in [0.15, 0.2) is 24.3 Å². The van der Waals surface area contributed by atoms with Gasteiger partial charge in [-0.2, -0.15) is 0 Å². The highest BCUT2D eigenvalue weighted by atomic mass is 19.1. The van der Waals surface area contributed by atoms with Gasteiger partial charge in [-0.3, -0.25) is 19.3 Å². The lowest BCUT2D eigenvalue weighted by atomic mass is 9.73. The molecule has 1 saturated heterocycles. The van der Waals surface area contributed by atoms with Crippen LogP contribution in [0.4, 0.5) is 9.18 Å². The van der Waals surface area contributed by atoms with Crippen molar-refractivity contribution >= 4 is 23.7 Å². The number of urea groups is 1. The van der Waals surface area contributed by atoms with E-state index in [4.69, 9.17) is 4.74 Å². The molecule has 0 aromatic heterocycles. The number of amides is 3. The maximum absolute atomic E-state index is 12.9. The molecule has 1 saturated carbocycles. The molecule has 1 heterocycles. The summed E-state index contributed by atoms with van der Waals surface area (Å²) in [5.41, 5.74) is -0.513. The molecule has 2 atom stereocenters. The summed E-state index contributed by atoms with van der Waals surface area (Å²) in [6.07, 6.45) is 3.75. The number of imide groups is 1. The number of Topliss-reactive ketones (excluding diaryl/α,β-unsaturated/α-hetero) is 1. The van der Waals surface area contributed by atoms with E-state index in [1.54, 1.807) is 0 Å². The molecular weight excluding hydrogens is 379 g/mol. The largest absolute Gasteiger partial charge is 0.464 e. The molecule has 2 aliphatic rings. The number of rotatable bonds is 7. The average molecular weight is 404 g/mol. The molecule has 1 aromatic carbocycles. The number of halogens is 1. The molecule has 3 rings (SSSR count). The lowest BCUT2D eigenvalue weighted by molar-refractivity contribution is -0.148. The highest BCUT2D eigenvalue weighted by Crippen LogP contribution is 2.38. The highest BCUT2D eigenvalue weighted by Gasteiger charge is 2.55. The summed E-state index contributed by atoms with van der Waals surface area (Å²) in [5.74, 6) is -1.63. The molecule has 3 amide bonds. The first kappa shape index (κ1) is 21.0. The van der Waals surface area contributed by atoms with Gasteiger partial charge in [0.25, 0.3) is 5.91 Å². The Morgan fingerprint density at radius 1 is 1.24 bits per heavy atom. The van der Waals surface area contributed by atoms with Crippen molar-refractivity contribution in [2.45, 2.75) is 51.0 Å². The highest BCUT2D eigenvalue weighted by molar-refractivity contribution is 6.09. The van der Waals surface area contributed by atoms with E-state index < -0.39 is 29.9 Å². The second kappa shape index (κ2) is 8.71. The number of carbonyl (C=O) groups is 4. The molecular formula is C21H25FN2O5. The molecule has 156 valence electrons. The number of nitrogens with zero attached hydrogens (tertiary/aromatic N) is 1. The predicted octanol–water partition coefficient (Wildman–Crippen LogP) is 2.83. The van der Waals surface area contributed by atoms with Crippen molar-refractivity contribution in [2.75, 3.05) is 13.2 Å². The molecule has 0 radical (unpaired) electrons. The van der Waals surface area contributed by atoms with Crippen LogP contribution in [0.1, 0.15) is 55.8 Å². The Morgan fingerprint density at radius 3 is 2.66 bits per heavy atom. The summed E-state index contributed by atoms with van der Waals surface area (Å²) < 4.78 is 18.0. The number of nitrogens with one attached hydrogen (secondary N) is 1. The first-order valence-electron chi connectivity index (χ1n) is 9.92. The van der Waals surface area contributed by atoms with E-state index in [2.05, 4.69) is 5.32 Å². The van der Waals surface area contributed by atoms with Crippen LogP contribution in [0.2, 0.25) is 0 Å². The van der Waals surface area contributed by atoms with Crippen molar-refractivity contribution in [1.82, 2.24) is 10.2 Å². The average Bonchev–Trinajstić information content (AvgIpc) is 2.93. The molecule has 1 N–H and O–H groups in total. The van der Waals surface area contributed by atoms with Gasteiger partial charge in [-0.05, 0) is 49.4 Å². The normalized spacial score (nSPS) is 23.9. The summed E-state index contributed by atoms with van der Waals surface area (Å²) in [5, 5.41) is 2.79. The second-order valence-corrected chi connectivity index (χ2v) is 7.69. The lowest BCUT2D eigenvalue weighted by Crippen LogP contribution is -2.54. The van der Waals surface area contributed by atoms with Crippen molar-refractivity contribution in [3.05, 3.63) is 35.6 Å². The van der Waals surface area contributed by atoms with Gasteiger partial charge in [-0.25, -0.2) is 9.18 Å². The van der Waals surface area contributed by atoms with E-state index in [1.165, 1.54) is 24.3 Å². The molecule has 1 spiro atoms. The first-order chi connectivity index (χ1) is 13.8. The number of hydrogen-bond acceptors (Lipinski definition) is 5. The van der Waals surface area contributed by atoms with Crippen molar-refractivity contribution in [3.8, 4) is 0 Å². The Balaban J connectivity index is 1.45. The number of carbonyl (C=O) groups excluding carboxylic acids is 4. The summed E-state index contributed by atoms with van der Waals surface area (Å²) >= 11 is 0. The third-order valence-corrected chi connectivity index (χ3v) is 5.77. The fourth-order valence-corrected chi connectivity index (χ4v) is 4.01. The van der Waals surface area contributed by atoms with Crippen LogP contribution in [-0.2, 0) is 14.3 Å². The summed E-state index contributed by atoms with van der Waals surface area (Å²) in [6.45, 7) is 1.50. The van der Waals surface area contributed by atoms with Crippen molar-refractivity contribution < 1.29 is 28.3 Å². The molecule has 8 heteroatoms. The van der Waals surface area contributed by atoms with Gasteiger partial charge in [-0.1, -0.05) is 19.8 Å². The van der Waals surface area contributed by atoms with Gasteiger partial charge in [0.1, 0.15) is 17.9 Å².